The zero-order chi connectivity index (χ0) is 13.1. The van der Waals surface area contributed by atoms with Crippen molar-refractivity contribution < 1.29 is 0 Å². The summed E-state index contributed by atoms with van der Waals surface area (Å²) in [5.74, 6) is 1.63. The molecule has 0 spiro atoms. The number of aromatic nitrogens is 2. The molecule has 0 amide bonds. The SMILES string of the molecule is CC1CCCCC1CNc1cnnc2ccccc12. The van der Waals surface area contributed by atoms with Crippen LogP contribution in [0.3, 0.4) is 0 Å². The molecular weight excluding hydrogens is 234 g/mol. The van der Waals surface area contributed by atoms with Gasteiger partial charge in [-0.3, -0.25) is 0 Å². The Morgan fingerprint density at radius 2 is 2.05 bits per heavy atom. The summed E-state index contributed by atoms with van der Waals surface area (Å²) in [5, 5.41) is 13.0. The summed E-state index contributed by atoms with van der Waals surface area (Å²) >= 11 is 0. The topological polar surface area (TPSA) is 37.8 Å². The molecule has 100 valence electrons. The van der Waals surface area contributed by atoms with Crippen molar-refractivity contribution in [3.63, 3.8) is 0 Å². The smallest absolute Gasteiger partial charge is 0.0950 e. The van der Waals surface area contributed by atoms with E-state index in [1.165, 1.54) is 31.1 Å². The first-order chi connectivity index (χ1) is 9.34. The molecule has 0 aliphatic heterocycles. The second-order valence-electron chi connectivity index (χ2n) is 5.68. The van der Waals surface area contributed by atoms with Crippen molar-refractivity contribution in [2.75, 3.05) is 11.9 Å². The maximum absolute atomic E-state index is 4.16. The highest BCUT2D eigenvalue weighted by Gasteiger charge is 2.21. The van der Waals surface area contributed by atoms with Crippen LogP contribution in [0, 0.1) is 11.8 Å². The number of anilines is 1. The van der Waals surface area contributed by atoms with Crippen molar-refractivity contribution in [2.45, 2.75) is 32.6 Å². The molecule has 1 saturated carbocycles. The highest BCUT2D eigenvalue weighted by molar-refractivity contribution is 5.90. The quantitative estimate of drug-likeness (QED) is 0.904. The van der Waals surface area contributed by atoms with Crippen LogP contribution in [0.1, 0.15) is 32.6 Å². The molecule has 1 aliphatic rings. The van der Waals surface area contributed by atoms with E-state index >= 15 is 0 Å². The number of nitrogens with zero attached hydrogens (tertiary/aromatic N) is 2. The first kappa shape index (κ1) is 12.4. The van der Waals surface area contributed by atoms with Gasteiger partial charge in [0.2, 0.25) is 0 Å². The van der Waals surface area contributed by atoms with Crippen molar-refractivity contribution in [3.8, 4) is 0 Å². The molecule has 2 unspecified atom stereocenters. The van der Waals surface area contributed by atoms with E-state index < -0.39 is 0 Å². The van der Waals surface area contributed by atoms with Gasteiger partial charge in [0.25, 0.3) is 0 Å². The van der Waals surface area contributed by atoms with Gasteiger partial charge in [0, 0.05) is 11.9 Å². The Labute approximate surface area is 114 Å². The Morgan fingerprint density at radius 3 is 2.95 bits per heavy atom. The highest BCUT2D eigenvalue weighted by Crippen LogP contribution is 2.30. The number of rotatable bonds is 3. The molecule has 19 heavy (non-hydrogen) atoms. The minimum atomic E-state index is 0.792. The largest absolute Gasteiger partial charge is 0.383 e. The second-order valence-corrected chi connectivity index (χ2v) is 5.68. The number of hydrogen-bond donors (Lipinski definition) is 1. The molecule has 0 bridgehead atoms. The molecule has 0 saturated heterocycles. The number of fused-ring (bicyclic) bond motifs is 1. The van der Waals surface area contributed by atoms with Gasteiger partial charge in [-0.15, -0.1) is 0 Å². The van der Waals surface area contributed by atoms with E-state index in [0.29, 0.717) is 0 Å². The van der Waals surface area contributed by atoms with Crippen molar-refractivity contribution >= 4 is 16.6 Å². The van der Waals surface area contributed by atoms with Gasteiger partial charge in [0.1, 0.15) is 0 Å². The highest BCUT2D eigenvalue weighted by atomic mass is 15.1. The summed E-state index contributed by atoms with van der Waals surface area (Å²) < 4.78 is 0. The molecule has 3 nitrogen and oxygen atoms in total. The predicted octanol–water partition coefficient (Wildman–Crippen LogP) is 3.87. The molecular formula is C16H21N3. The molecule has 1 aromatic heterocycles. The van der Waals surface area contributed by atoms with E-state index in [1.807, 2.05) is 18.3 Å². The summed E-state index contributed by atoms with van der Waals surface area (Å²) in [7, 11) is 0. The third-order valence-corrected chi connectivity index (χ3v) is 4.39. The summed E-state index contributed by atoms with van der Waals surface area (Å²) in [6.07, 6.45) is 7.35. The first-order valence-corrected chi connectivity index (χ1v) is 7.29. The second kappa shape index (κ2) is 5.55. The van der Waals surface area contributed by atoms with E-state index in [0.717, 1.165) is 29.6 Å². The van der Waals surface area contributed by atoms with E-state index in [2.05, 4.69) is 34.6 Å². The van der Waals surface area contributed by atoms with E-state index in [1.54, 1.807) is 0 Å². The van der Waals surface area contributed by atoms with Gasteiger partial charge in [0.05, 0.1) is 17.4 Å². The van der Waals surface area contributed by atoms with E-state index in [4.69, 9.17) is 0 Å². The Hall–Kier alpha value is -1.64. The van der Waals surface area contributed by atoms with Gasteiger partial charge in [-0.1, -0.05) is 44.4 Å². The fraction of sp³-hybridized carbons (Fsp3) is 0.500. The van der Waals surface area contributed by atoms with Gasteiger partial charge < -0.3 is 5.32 Å². The average Bonchev–Trinajstić information content (AvgIpc) is 2.46. The van der Waals surface area contributed by atoms with Gasteiger partial charge in [0.15, 0.2) is 0 Å². The van der Waals surface area contributed by atoms with Gasteiger partial charge >= 0.3 is 0 Å². The minimum Gasteiger partial charge on any atom is -0.383 e. The van der Waals surface area contributed by atoms with Gasteiger partial charge in [-0.2, -0.15) is 10.2 Å². The Morgan fingerprint density at radius 1 is 1.21 bits per heavy atom. The molecule has 1 heterocycles. The molecule has 2 atom stereocenters. The normalized spacial score (nSPS) is 23.4. The zero-order valence-electron chi connectivity index (χ0n) is 11.5. The average molecular weight is 255 g/mol. The van der Waals surface area contributed by atoms with Crippen LogP contribution >= 0.6 is 0 Å². The van der Waals surface area contributed by atoms with Crippen LogP contribution < -0.4 is 5.32 Å². The van der Waals surface area contributed by atoms with Crippen molar-refractivity contribution in [3.05, 3.63) is 30.5 Å². The molecule has 0 radical (unpaired) electrons. The predicted molar refractivity (Wildman–Crippen MR) is 79.1 cm³/mol. The van der Waals surface area contributed by atoms with Crippen molar-refractivity contribution in [1.29, 1.82) is 0 Å². The summed E-state index contributed by atoms with van der Waals surface area (Å²) in [6.45, 7) is 3.44. The number of nitrogens with one attached hydrogen (secondary N) is 1. The molecule has 3 heteroatoms. The fourth-order valence-electron chi connectivity index (χ4n) is 3.09. The van der Waals surface area contributed by atoms with Crippen LogP contribution in [0.4, 0.5) is 5.69 Å². The molecule has 1 fully saturated rings. The van der Waals surface area contributed by atoms with Crippen LogP contribution in [0.15, 0.2) is 30.5 Å². The standard InChI is InChI=1S/C16H21N3/c1-12-6-2-3-7-13(12)10-17-16-11-18-19-15-9-5-4-8-14(15)16/h4-5,8-9,11-13H,2-3,6-7,10H2,1H3,(H,17,19). The lowest BCUT2D eigenvalue weighted by Crippen LogP contribution is -2.24. The van der Waals surface area contributed by atoms with Crippen molar-refractivity contribution in [2.24, 2.45) is 11.8 Å². The first-order valence-electron chi connectivity index (χ1n) is 7.29. The van der Waals surface area contributed by atoms with Crippen LogP contribution in [-0.4, -0.2) is 16.7 Å². The molecule has 1 N–H and O–H groups in total. The number of benzene rings is 1. The lowest BCUT2D eigenvalue weighted by molar-refractivity contribution is 0.268. The van der Waals surface area contributed by atoms with Crippen LogP contribution in [0.5, 0.6) is 0 Å². The lowest BCUT2D eigenvalue weighted by Gasteiger charge is -2.29. The van der Waals surface area contributed by atoms with E-state index in [9.17, 15) is 0 Å². The minimum absolute atomic E-state index is 0.792. The number of hydrogen-bond acceptors (Lipinski definition) is 3. The lowest BCUT2D eigenvalue weighted by atomic mass is 9.80. The van der Waals surface area contributed by atoms with Gasteiger partial charge in [-0.05, 0) is 24.3 Å². The Balaban J connectivity index is 1.74. The molecule has 2 aromatic rings. The third-order valence-electron chi connectivity index (χ3n) is 4.39. The summed E-state index contributed by atoms with van der Waals surface area (Å²) in [4.78, 5) is 0. The van der Waals surface area contributed by atoms with Crippen LogP contribution in [0.25, 0.3) is 10.9 Å². The maximum Gasteiger partial charge on any atom is 0.0950 e. The fourth-order valence-corrected chi connectivity index (χ4v) is 3.09. The Kier molecular flexibility index (Phi) is 3.62. The van der Waals surface area contributed by atoms with Crippen LogP contribution in [0.2, 0.25) is 0 Å². The van der Waals surface area contributed by atoms with Crippen molar-refractivity contribution in [1.82, 2.24) is 10.2 Å². The van der Waals surface area contributed by atoms with Crippen LogP contribution in [-0.2, 0) is 0 Å². The molecule has 1 aromatic carbocycles. The third kappa shape index (κ3) is 2.70. The Bertz CT molecular complexity index is 547. The summed E-state index contributed by atoms with van der Waals surface area (Å²) in [6, 6.07) is 8.18. The summed E-state index contributed by atoms with van der Waals surface area (Å²) in [5.41, 5.74) is 2.08. The maximum atomic E-state index is 4.16. The molecule has 1 aliphatic carbocycles. The molecule has 3 rings (SSSR count). The van der Waals surface area contributed by atoms with E-state index in [-0.39, 0.29) is 0 Å². The van der Waals surface area contributed by atoms with Gasteiger partial charge in [-0.25, -0.2) is 0 Å². The monoisotopic (exact) mass is 255 g/mol. The zero-order valence-corrected chi connectivity index (χ0v) is 11.5.